The number of nitrogens with zero attached hydrogens (tertiary/aromatic N) is 2. The van der Waals surface area contributed by atoms with E-state index < -0.39 is 0 Å². The van der Waals surface area contributed by atoms with E-state index in [1.807, 2.05) is 25.3 Å². The van der Waals surface area contributed by atoms with Gasteiger partial charge in [0.1, 0.15) is 5.75 Å². The fourth-order valence-corrected chi connectivity index (χ4v) is 3.21. The van der Waals surface area contributed by atoms with Gasteiger partial charge in [0, 0.05) is 37.2 Å². The Kier molecular flexibility index (Phi) is 6.09. The van der Waals surface area contributed by atoms with E-state index in [0.717, 1.165) is 22.6 Å². The number of ether oxygens (including phenoxy) is 1. The maximum Gasteiger partial charge on any atom is 0.223 e. The first-order valence-electron chi connectivity index (χ1n) is 7.73. The number of carbonyl (C=O) groups excluding carboxylic acids is 2. The summed E-state index contributed by atoms with van der Waals surface area (Å²) < 4.78 is 5.39. The van der Waals surface area contributed by atoms with Crippen molar-refractivity contribution in [3.8, 4) is 5.75 Å². The van der Waals surface area contributed by atoms with E-state index in [1.165, 1.54) is 11.3 Å². The molecule has 0 atom stereocenters. The third-order valence-electron chi connectivity index (χ3n) is 3.92. The van der Waals surface area contributed by atoms with Crippen molar-refractivity contribution in [3.05, 3.63) is 45.4 Å². The molecule has 0 saturated carbocycles. The molecule has 0 aliphatic rings. The Bertz CT molecular complexity index is 726. The van der Waals surface area contributed by atoms with Crippen molar-refractivity contribution in [2.24, 2.45) is 0 Å². The van der Waals surface area contributed by atoms with Gasteiger partial charge in [-0.1, -0.05) is 6.07 Å². The highest BCUT2D eigenvalue weighted by molar-refractivity contribution is 7.12. The van der Waals surface area contributed by atoms with E-state index in [4.69, 9.17) is 4.74 Å². The Morgan fingerprint density at radius 2 is 2.04 bits per heavy atom. The monoisotopic (exact) mass is 346 g/mol. The van der Waals surface area contributed by atoms with Crippen molar-refractivity contribution in [1.82, 2.24) is 9.88 Å². The Morgan fingerprint density at radius 1 is 1.29 bits per heavy atom. The summed E-state index contributed by atoms with van der Waals surface area (Å²) in [6, 6.07) is 3.62. The van der Waals surface area contributed by atoms with Crippen molar-refractivity contribution in [2.75, 3.05) is 14.2 Å². The standard InChI is InChI=1S/C18H22N2O3S/c1-12-10-19-14(13(2)18(12)23-4)11-20(3)17(22)8-7-15(21)16-6-5-9-24-16/h5-6,9-10H,7-8,11H2,1-4H3. The number of thiophene rings is 1. The minimum atomic E-state index is -0.0688. The second kappa shape index (κ2) is 8.06. The molecule has 0 radical (unpaired) electrons. The molecule has 128 valence electrons. The molecule has 0 aliphatic carbocycles. The molecule has 0 aliphatic heterocycles. The van der Waals surface area contributed by atoms with Crippen LogP contribution in [0.1, 0.15) is 39.3 Å². The summed E-state index contributed by atoms with van der Waals surface area (Å²) in [5, 5.41) is 1.86. The van der Waals surface area contributed by atoms with Gasteiger partial charge in [-0.3, -0.25) is 14.6 Å². The molecule has 2 rings (SSSR count). The van der Waals surface area contributed by atoms with Gasteiger partial charge in [0.2, 0.25) is 5.91 Å². The smallest absolute Gasteiger partial charge is 0.223 e. The molecule has 0 N–H and O–H groups in total. The maximum atomic E-state index is 12.3. The summed E-state index contributed by atoms with van der Waals surface area (Å²) in [6.07, 6.45) is 2.18. The van der Waals surface area contributed by atoms with Gasteiger partial charge in [-0.05, 0) is 25.3 Å². The highest BCUT2D eigenvalue weighted by atomic mass is 32.1. The van der Waals surface area contributed by atoms with E-state index in [-0.39, 0.29) is 24.5 Å². The first-order valence-corrected chi connectivity index (χ1v) is 8.61. The zero-order valence-corrected chi connectivity index (χ0v) is 15.3. The minimum absolute atomic E-state index is 0.0121. The van der Waals surface area contributed by atoms with Gasteiger partial charge < -0.3 is 9.64 Å². The first-order chi connectivity index (χ1) is 11.4. The topological polar surface area (TPSA) is 59.5 Å². The number of pyridine rings is 1. The van der Waals surface area contributed by atoms with Crippen LogP contribution in [0.2, 0.25) is 0 Å². The molecule has 0 unspecified atom stereocenters. The summed E-state index contributed by atoms with van der Waals surface area (Å²) in [6.45, 7) is 4.27. The minimum Gasteiger partial charge on any atom is -0.496 e. The lowest BCUT2D eigenvalue weighted by Gasteiger charge is -2.19. The molecule has 6 heteroatoms. The zero-order chi connectivity index (χ0) is 17.7. The number of methoxy groups -OCH3 is 1. The molecule has 2 aromatic rings. The van der Waals surface area contributed by atoms with Gasteiger partial charge in [-0.2, -0.15) is 0 Å². The number of amides is 1. The van der Waals surface area contributed by atoms with E-state index >= 15 is 0 Å². The molecule has 5 nitrogen and oxygen atoms in total. The van der Waals surface area contributed by atoms with Crippen LogP contribution in [0.5, 0.6) is 5.75 Å². The normalized spacial score (nSPS) is 10.5. The Balaban J connectivity index is 1.96. The molecular formula is C18H22N2O3S. The highest BCUT2D eigenvalue weighted by Gasteiger charge is 2.16. The van der Waals surface area contributed by atoms with E-state index in [9.17, 15) is 9.59 Å². The fourth-order valence-electron chi connectivity index (χ4n) is 2.52. The van der Waals surface area contributed by atoms with Gasteiger partial charge in [0.25, 0.3) is 0 Å². The van der Waals surface area contributed by atoms with Crippen LogP contribution in [0.4, 0.5) is 0 Å². The third kappa shape index (κ3) is 4.20. The van der Waals surface area contributed by atoms with E-state index in [2.05, 4.69) is 4.98 Å². The Labute approximate surface area is 146 Å². The number of hydrogen-bond acceptors (Lipinski definition) is 5. The molecule has 24 heavy (non-hydrogen) atoms. The lowest BCUT2D eigenvalue weighted by atomic mass is 10.1. The third-order valence-corrected chi connectivity index (χ3v) is 4.84. The summed E-state index contributed by atoms with van der Waals surface area (Å²) in [5.74, 6) is 0.743. The molecule has 0 fully saturated rings. The number of hydrogen-bond donors (Lipinski definition) is 0. The second-order valence-electron chi connectivity index (χ2n) is 5.70. The van der Waals surface area contributed by atoms with Crippen LogP contribution in [0.3, 0.4) is 0 Å². The van der Waals surface area contributed by atoms with Crippen LogP contribution in [0.15, 0.2) is 23.7 Å². The average Bonchev–Trinajstić information content (AvgIpc) is 3.10. The molecule has 0 bridgehead atoms. The molecule has 2 aromatic heterocycles. The molecule has 0 aromatic carbocycles. The quantitative estimate of drug-likeness (QED) is 0.721. The SMILES string of the molecule is COc1c(C)cnc(CN(C)C(=O)CCC(=O)c2cccs2)c1C. The van der Waals surface area contributed by atoms with Crippen LogP contribution in [0.25, 0.3) is 0 Å². The summed E-state index contributed by atoms with van der Waals surface area (Å²) in [4.78, 5) is 31.0. The van der Waals surface area contributed by atoms with Crippen LogP contribution in [0, 0.1) is 13.8 Å². The predicted molar refractivity (Wildman–Crippen MR) is 94.6 cm³/mol. The van der Waals surface area contributed by atoms with E-state index in [1.54, 1.807) is 31.3 Å². The van der Waals surface area contributed by atoms with Crippen LogP contribution < -0.4 is 4.74 Å². The summed E-state index contributed by atoms with van der Waals surface area (Å²) >= 11 is 1.40. The molecule has 0 saturated heterocycles. The zero-order valence-electron chi connectivity index (χ0n) is 14.5. The molecular weight excluding hydrogens is 324 g/mol. The number of rotatable bonds is 7. The van der Waals surface area contributed by atoms with Gasteiger partial charge in [-0.15, -0.1) is 11.3 Å². The number of aromatic nitrogens is 1. The fraction of sp³-hybridized carbons (Fsp3) is 0.389. The Hall–Kier alpha value is -2.21. The molecule has 0 spiro atoms. The first kappa shape index (κ1) is 18.1. The van der Waals surface area contributed by atoms with E-state index in [0.29, 0.717) is 11.4 Å². The Morgan fingerprint density at radius 3 is 2.67 bits per heavy atom. The number of carbonyl (C=O) groups is 2. The van der Waals surface area contributed by atoms with Crippen molar-refractivity contribution in [3.63, 3.8) is 0 Å². The lowest BCUT2D eigenvalue weighted by molar-refractivity contribution is -0.130. The summed E-state index contributed by atoms with van der Waals surface area (Å²) in [5.41, 5.74) is 2.71. The van der Waals surface area contributed by atoms with Gasteiger partial charge in [0.05, 0.1) is 24.2 Å². The van der Waals surface area contributed by atoms with Crippen molar-refractivity contribution < 1.29 is 14.3 Å². The molecule has 1 amide bonds. The van der Waals surface area contributed by atoms with Gasteiger partial charge >= 0.3 is 0 Å². The number of ketones is 1. The van der Waals surface area contributed by atoms with Crippen LogP contribution in [-0.4, -0.2) is 35.7 Å². The number of aryl methyl sites for hydroxylation is 1. The highest BCUT2D eigenvalue weighted by Crippen LogP contribution is 2.24. The second-order valence-corrected chi connectivity index (χ2v) is 6.64. The maximum absolute atomic E-state index is 12.3. The summed E-state index contributed by atoms with van der Waals surface area (Å²) in [7, 11) is 3.36. The molecule has 2 heterocycles. The van der Waals surface area contributed by atoms with Gasteiger partial charge in [0.15, 0.2) is 5.78 Å². The van der Waals surface area contributed by atoms with Crippen molar-refractivity contribution in [1.29, 1.82) is 0 Å². The van der Waals surface area contributed by atoms with Crippen LogP contribution >= 0.6 is 11.3 Å². The number of Topliss-reactive ketones (excluding diaryl/α,β-unsaturated/α-hetero) is 1. The van der Waals surface area contributed by atoms with Crippen molar-refractivity contribution >= 4 is 23.0 Å². The lowest BCUT2D eigenvalue weighted by Crippen LogP contribution is -2.27. The average molecular weight is 346 g/mol. The van der Waals surface area contributed by atoms with Gasteiger partial charge in [-0.25, -0.2) is 0 Å². The largest absolute Gasteiger partial charge is 0.496 e. The van der Waals surface area contributed by atoms with Crippen LogP contribution in [-0.2, 0) is 11.3 Å². The predicted octanol–water partition coefficient (Wildman–Crippen LogP) is 3.39. The van der Waals surface area contributed by atoms with Crippen molar-refractivity contribution in [2.45, 2.75) is 33.2 Å².